The van der Waals surface area contributed by atoms with Crippen molar-refractivity contribution in [2.45, 2.75) is 38.1 Å². The highest BCUT2D eigenvalue weighted by molar-refractivity contribution is 7.59. The number of ketones is 1. The predicted octanol–water partition coefficient (Wildman–Crippen LogP) is 3.90. The van der Waals surface area contributed by atoms with Gasteiger partial charge in [-0.3, -0.25) is 9.59 Å². The molecule has 1 aromatic heterocycles. The van der Waals surface area contributed by atoms with Gasteiger partial charge < -0.3 is 14.5 Å². The maximum Gasteiger partial charge on any atom is 0.249 e. The van der Waals surface area contributed by atoms with Crippen molar-refractivity contribution in [1.82, 2.24) is 9.97 Å². The van der Waals surface area contributed by atoms with Crippen LogP contribution in [-0.2, 0) is 28.8 Å². The van der Waals surface area contributed by atoms with Gasteiger partial charge in [0, 0.05) is 38.6 Å². The van der Waals surface area contributed by atoms with Gasteiger partial charge in [0.15, 0.2) is 11.6 Å². The number of methoxy groups -OCH3 is 1. The number of hydrogen-bond acceptors (Lipinski definition) is 6. The first kappa shape index (κ1) is 26.8. The standard InChI is InChI=1S/C28H29FN4O3.H2S/c1-36-16-15-33-24-18-30-26(31-27(24)32-14-2-3-23(32)28(33)35)13-8-19-4-6-20(7-5-19)17-25(34)21-9-11-22(29)12-10-21;/h4-7,9-12,18,23H,2-3,8,13-17H2,1H3;1H2/t23-;/m0./s1. The molecule has 0 bridgehead atoms. The van der Waals surface area contributed by atoms with Crippen LogP contribution in [0.1, 0.15) is 40.2 Å². The van der Waals surface area contributed by atoms with Gasteiger partial charge in [-0.2, -0.15) is 13.5 Å². The predicted molar refractivity (Wildman–Crippen MR) is 145 cm³/mol. The number of halogens is 1. The van der Waals surface area contributed by atoms with Crippen molar-refractivity contribution in [3.05, 3.63) is 83.1 Å². The van der Waals surface area contributed by atoms with Gasteiger partial charge in [0.05, 0.1) is 12.8 Å². The zero-order valence-corrected chi connectivity index (χ0v) is 21.8. The Bertz CT molecular complexity index is 1250. The van der Waals surface area contributed by atoms with Crippen molar-refractivity contribution in [2.24, 2.45) is 0 Å². The topological polar surface area (TPSA) is 75.6 Å². The van der Waals surface area contributed by atoms with Crippen molar-refractivity contribution in [3.63, 3.8) is 0 Å². The van der Waals surface area contributed by atoms with Gasteiger partial charge in [-0.1, -0.05) is 24.3 Å². The Morgan fingerprint density at radius 1 is 1.08 bits per heavy atom. The van der Waals surface area contributed by atoms with E-state index in [0.29, 0.717) is 25.1 Å². The Labute approximate surface area is 223 Å². The molecule has 194 valence electrons. The molecule has 0 unspecified atom stereocenters. The van der Waals surface area contributed by atoms with E-state index in [4.69, 9.17) is 9.72 Å². The molecule has 2 aliphatic heterocycles. The number of Topliss-reactive ketones (excluding diaryl/α,β-unsaturated/α-hetero) is 1. The van der Waals surface area contributed by atoms with E-state index in [2.05, 4.69) is 9.88 Å². The Balaban J connectivity index is 0.00000320. The van der Waals surface area contributed by atoms with Crippen molar-refractivity contribution < 1.29 is 18.7 Å². The van der Waals surface area contributed by atoms with Crippen molar-refractivity contribution in [1.29, 1.82) is 0 Å². The molecule has 0 aliphatic carbocycles. The molecular weight excluding hydrogens is 491 g/mol. The summed E-state index contributed by atoms with van der Waals surface area (Å²) in [4.78, 5) is 38.8. The number of carbonyl (C=O) groups excluding carboxylic acids is 2. The van der Waals surface area contributed by atoms with Gasteiger partial charge in [-0.15, -0.1) is 0 Å². The smallest absolute Gasteiger partial charge is 0.249 e. The highest BCUT2D eigenvalue weighted by atomic mass is 32.1. The number of aryl methyl sites for hydroxylation is 2. The van der Waals surface area contributed by atoms with Gasteiger partial charge >= 0.3 is 0 Å². The summed E-state index contributed by atoms with van der Waals surface area (Å²) in [6.45, 7) is 1.78. The van der Waals surface area contributed by atoms with E-state index in [1.54, 1.807) is 18.2 Å². The van der Waals surface area contributed by atoms with Crippen molar-refractivity contribution >= 4 is 36.7 Å². The van der Waals surface area contributed by atoms with Crippen LogP contribution >= 0.6 is 13.5 Å². The highest BCUT2D eigenvalue weighted by Gasteiger charge is 2.41. The number of anilines is 2. The Morgan fingerprint density at radius 3 is 2.54 bits per heavy atom. The molecule has 37 heavy (non-hydrogen) atoms. The van der Waals surface area contributed by atoms with E-state index < -0.39 is 0 Å². The van der Waals surface area contributed by atoms with Gasteiger partial charge in [-0.05, 0) is 54.7 Å². The van der Waals surface area contributed by atoms with E-state index in [-0.39, 0.29) is 43.5 Å². The first-order chi connectivity index (χ1) is 17.5. The fourth-order valence-electron chi connectivity index (χ4n) is 4.92. The number of nitrogens with zero attached hydrogens (tertiary/aromatic N) is 4. The zero-order chi connectivity index (χ0) is 25.1. The summed E-state index contributed by atoms with van der Waals surface area (Å²) in [5.41, 5.74) is 3.31. The van der Waals surface area contributed by atoms with E-state index in [1.807, 2.05) is 24.3 Å². The number of carbonyl (C=O) groups is 2. The molecule has 1 fully saturated rings. The van der Waals surface area contributed by atoms with Crippen LogP contribution in [0.3, 0.4) is 0 Å². The van der Waals surface area contributed by atoms with Gasteiger partial charge in [-0.25, -0.2) is 14.4 Å². The molecule has 9 heteroatoms. The second-order valence-electron chi connectivity index (χ2n) is 9.25. The van der Waals surface area contributed by atoms with Crippen LogP contribution in [0.25, 0.3) is 0 Å². The molecule has 7 nitrogen and oxygen atoms in total. The van der Waals surface area contributed by atoms with Crippen molar-refractivity contribution in [3.8, 4) is 0 Å². The number of rotatable bonds is 9. The van der Waals surface area contributed by atoms with Crippen LogP contribution in [-0.4, -0.2) is 54.5 Å². The van der Waals surface area contributed by atoms with Crippen LogP contribution in [0.15, 0.2) is 54.7 Å². The molecular formula is C28H31FN4O3S. The molecule has 2 aromatic carbocycles. The SMILES string of the molecule is COCCN1C(=O)[C@@H]2CCCN2c2nc(CCc3ccc(CC(=O)c4ccc(F)cc4)cc3)ncc21.S. The third-order valence-corrected chi connectivity index (χ3v) is 6.88. The minimum absolute atomic E-state index is 0. The molecule has 5 rings (SSSR count). The summed E-state index contributed by atoms with van der Waals surface area (Å²) >= 11 is 0. The molecule has 1 amide bonds. The minimum Gasteiger partial charge on any atom is -0.383 e. The van der Waals surface area contributed by atoms with Gasteiger partial charge in [0.2, 0.25) is 5.91 Å². The number of aromatic nitrogens is 2. The summed E-state index contributed by atoms with van der Waals surface area (Å²) in [6, 6.07) is 13.4. The number of ether oxygens (including phenoxy) is 1. The summed E-state index contributed by atoms with van der Waals surface area (Å²) in [6.07, 6.45) is 5.30. The number of fused-ring (bicyclic) bond motifs is 3. The third-order valence-electron chi connectivity index (χ3n) is 6.88. The summed E-state index contributed by atoms with van der Waals surface area (Å²) in [7, 11) is 1.63. The average Bonchev–Trinajstić information content (AvgIpc) is 3.39. The molecule has 0 N–H and O–H groups in total. The van der Waals surface area contributed by atoms with E-state index in [1.165, 1.54) is 24.3 Å². The number of benzene rings is 2. The van der Waals surface area contributed by atoms with Crippen LogP contribution in [0.2, 0.25) is 0 Å². The maximum absolute atomic E-state index is 13.1. The number of hydrogen-bond donors (Lipinski definition) is 0. The normalized spacial score (nSPS) is 16.3. The molecule has 3 heterocycles. The Hall–Kier alpha value is -3.30. The first-order valence-electron chi connectivity index (χ1n) is 12.3. The molecule has 1 saturated heterocycles. The third kappa shape index (κ3) is 5.83. The summed E-state index contributed by atoms with van der Waals surface area (Å²) in [5, 5.41) is 0. The summed E-state index contributed by atoms with van der Waals surface area (Å²) in [5.74, 6) is 1.30. The van der Waals surface area contributed by atoms with Crippen LogP contribution in [0.5, 0.6) is 0 Å². The average molecular weight is 523 g/mol. The summed E-state index contributed by atoms with van der Waals surface area (Å²) < 4.78 is 18.3. The molecule has 1 atom stereocenters. The largest absolute Gasteiger partial charge is 0.383 e. The van der Waals surface area contributed by atoms with Crippen LogP contribution < -0.4 is 9.80 Å². The lowest BCUT2D eigenvalue weighted by Crippen LogP contribution is -2.52. The Morgan fingerprint density at radius 2 is 1.81 bits per heavy atom. The van der Waals surface area contributed by atoms with E-state index in [9.17, 15) is 14.0 Å². The quantitative estimate of drug-likeness (QED) is 0.397. The van der Waals surface area contributed by atoms with Gasteiger partial charge in [0.25, 0.3) is 0 Å². The highest BCUT2D eigenvalue weighted by Crippen LogP contribution is 2.38. The second-order valence-corrected chi connectivity index (χ2v) is 9.25. The van der Waals surface area contributed by atoms with Gasteiger partial charge in [0.1, 0.15) is 23.4 Å². The molecule has 0 radical (unpaired) electrons. The number of amides is 1. The molecule has 3 aromatic rings. The van der Waals surface area contributed by atoms with E-state index in [0.717, 1.165) is 54.3 Å². The van der Waals surface area contributed by atoms with Crippen molar-refractivity contribution in [2.75, 3.05) is 36.6 Å². The lowest BCUT2D eigenvalue weighted by atomic mass is 10.0. The Kier molecular flexibility index (Phi) is 8.56. The lowest BCUT2D eigenvalue weighted by molar-refractivity contribution is -0.120. The monoisotopic (exact) mass is 522 g/mol. The first-order valence-corrected chi connectivity index (χ1v) is 12.3. The fourth-order valence-corrected chi connectivity index (χ4v) is 4.92. The molecule has 0 spiro atoms. The van der Waals surface area contributed by atoms with Crippen LogP contribution in [0.4, 0.5) is 15.9 Å². The van der Waals surface area contributed by atoms with Crippen LogP contribution in [0, 0.1) is 5.82 Å². The van der Waals surface area contributed by atoms with E-state index >= 15 is 0 Å². The maximum atomic E-state index is 13.1. The molecule has 0 saturated carbocycles. The fraction of sp³-hybridized carbons (Fsp3) is 0.357. The molecule has 2 aliphatic rings. The lowest BCUT2D eigenvalue weighted by Gasteiger charge is -2.38. The minimum atomic E-state index is -0.351. The zero-order valence-electron chi connectivity index (χ0n) is 20.8. The second kappa shape index (κ2) is 11.8.